The molecule has 1 unspecified atom stereocenters. The summed E-state index contributed by atoms with van der Waals surface area (Å²) in [6, 6.07) is 3.53. The van der Waals surface area contributed by atoms with Crippen LogP contribution >= 0.6 is 11.6 Å². The molecule has 1 aromatic carbocycles. The number of nitriles is 1. The number of halogens is 4. The highest BCUT2D eigenvalue weighted by Gasteiger charge is 2.15. The maximum absolute atomic E-state index is 13.0. The van der Waals surface area contributed by atoms with Crippen molar-refractivity contribution >= 4 is 11.6 Å². The van der Waals surface area contributed by atoms with Gasteiger partial charge >= 0.3 is 0 Å². The Labute approximate surface area is 83.7 Å². The Morgan fingerprint density at radius 3 is 2.50 bits per heavy atom. The maximum atomic E-state index is 13.0. The van der Waals surface area contributed by atoms with Crippen LogP contribution in [-0.4, -0.2) is 5.38 Å². The molecule has 0 fully saturated rings. The molecule has 1 atom stereocenters. The van der Waals surface area contributed by atoms with Gasteiger partial charge in [0.15, 0.2) is 17.5 Å². The molecule has 0 saturated carbocycles. The lowest BCUT2D eigenvalue weighted by Crippen LogP contribution is -2.04. The van der Waals surface area contributed by atoms with Crippen molar-refractivity contribution < 1.29 is 13.2 Å². The fraction of sp³-hybridized carbons (Fsp3) is 0.222. The number of hydrogen-bond acceptors (Lipinski definition) is 1. The lowest BCUT2D eigenvalue weighted by Gasteiger charge is -2.04. The SMILES string of the molecule is N#CC(Cl)Cc1ccc(F)c(F)c1F. The summed E-state index contributed by atoms with van der Waals surface area (Å²) in [7, 11) is 0. The summed E-state index contributed by atoms with van der Waals surface area (Å²) >= 11 is 5.42. The zero-order valence-corrected chi connectivity index (χ0v) is 7.65. The largest absolute Gasteiger partial charge is 0.204 e. The molecule has 0 aliphatic carbocycles. The minimum Gasteiger partial charge on any atom is -0.204 e. The Morgan fingerprint density at radius 1 is 1.29 bits per heavy atom. The number of benzene rings is 1. The molecule has 0 saturated heterocycles. The van der Waals surface area contributed by atoms with Gasteiger partial charge in [0, 0.05) is 6.42 Å². The van der Waals surface area contributed by atoms with E-state index in [1.807, 2.05) is 0 Å². The Hall–Kier alpha value is -1.21. The molecule has 74 valence electrons. The molecule has 0 aliphatic heterocycles. The van der Waals surface area contributed by atoms with Gasteiger partial charge in [-0.2, -0.15) is 5.26 Å². The Balaban J connectivity index is 3.01. The molecule has 5 heteroatoms. The van der Waals surface area contributed by atoms with Crippen molar-refractivity contribution in [1.29, 1.82) is 5.26 Å². The van der Waals surface area contributed by atoms with E-state index in [9.17, 15) is 13.2 Å². The number of alkyl halides is 1. The van der Waals surface area contributed by atoms with E-state index in [1.165, 1.54) is 0 Å². The summed E-state index contributed by atoms with van der Waals surface area (Å²) in [5.41, 5.74) is -0.106. The van der Waals surface area contributed by atoms with Gasteiger partial charge in [0.25, 0.3) is 0 Å². The van der Waals surface area contributed by atoms with Crippen LogP contribution in [0.2, 0.25) is 0 Å². The molecule has 1 rings (SSSR count). The molecular formula is C9H5ClF3N. The predicted molar refractivity (Wildman–Crippen MR) is 45.3 cm³/mol. The standard InChI is InChI=1S/C9H5ClF3N/c10-6(4-14)3-5-1-2-7(11)9(13)8(5)12/h1-2,6H,3H2. The molecule has 0 N–H and O–H groups in total. The fourth-order valence-electron chi connectivity index (χ4n) is 0.962. The van der Waals surface area contributed by atoms with Crippen molar-refractivity contribution in [2.45, 2.75) is 11.8 Å². The van der Waals surface area contributed by atoms with Crippen molar-refractivity contribution in [2.24, 2.45) is 0 Å². The topological polar surface area (TPSA) is 23.8 Å². The van der Waals surface area contributed by atoms with E-state index in [4.69, 9.17) is 16.9 Å². The molecule has 1 aromatic rings. The average molecular weight is 220 g/mol. The van der Waals surface area contributed by atoms with Crippen LogP contribution in [0.1, 0.15) is 5.56 Å². The second-order valence-electron chi connectivity index (χ2n) is 2.64. The molecule has 0 aromatic heterocycles. The molecule has 0 radical (unpaired) electrons. The Kier molecular flexibility index (Phi) is 3.37. The van der Waals surface area contributed by atoms with Gasteiger partial charge < -0.3 is 0 Å². The molecule has 0 aliphatic rings. The molecular weight excluding hydrogens is 215 g/mol. The number of rotatable bonds is 2. The minimum absolute atomic E-state index is 0.106. The van der Waals surface area contributed by atoms with Gasteiger partial charge in [-0.1, -0.05) is 6.07 Å². The highest BCUT2D eigenvalue weighted by Crippen LogP contribution is 2.17. The van der Waals surface area contributed by atoms with Gasteiger partial charge in [-0.25, -0.2) is 13.2 Å². The molecule has 0 bridgehead atoms. The van der Waals surface area contributed by atoms with Crippen LogP contribution in [0.3, 0.4) is 0 Å². The average Bonchev–Trinajstić information content (AvgIpc) is 2.19. The first kappa shape index (κ1) is 10.9. The van der Waals surface area contributed by atoms with Gasteiger partial charge in [-0.15, -0.1) is 11.6 Å². The molecule has 14 heavy (non-hydrogen) atoms. The molecule has 1 nitrogen and oxygen atoms in total. The Bertz CT molecular complexity index is 386. The molecule has 0 heterocycles. The van der Waals surface area contributed by atoms with E-state index in [2.05, 4.69) is 0 Å². The third-order valence-electron chi connectivity index (χ3n) is 1.65. The minimum atomic E-state index is -1.54. The van der Waals surface area contributed by atoms with Crippen LogP contribution in [0.25, 0.3) is 0 Å². The first-order valence-corrected chi connectivity index (χ1v) is 4.16. The highest BCUT2D eigenvalue weighted by molar-refractivity contribution is 6.22. The summed E-state index contributed by atoms with van der Waals surface area (Å²) < 4.78 is 38.1. The lowest BCUT2D eigenvalue weighted by molar-refractivity contribution is 0.441. The second-order valence-corrected chi connectivity index (χ2v) is 3.16. The summed E-state index contributed by atoms with van der Waals surface area (Å²) in [4.78, 5) is 0. The van der Waals surface area contributed by atoms with Crippen LogP contribution in [0.4, 0.5) is 13.2 Å². The van der Waals surface area contributed by atoms with Gasteiger partial charge in [-0.3, -0.25) is 0 Å². The summed E-state index contributed by atoms with van der Waals surface area (Å²) in [5, 5.41) is 7.39. The monoisotopic (exact) mass is 219 g/mol. The zero-order chi connectivity index (χ0) is 10.7. The van der Waals surface area contributed by atoms with E-state index in [0.717, 1.165) is 12.1 Å². The predicted octanol–water partition coefficient (Wildman–Crippen LogP) is 2.78. The summed E-state index contributed by atoms with van der Waals surface area (Å²) in [5.74, 6) is -4.08. The van der Waals surface area contributed by atoms with E-state index in [0.29, 0.717) is 0 Å². The van der Waals surface area contributed by atoms with Crippen LogP contribution in [0.5, 0.6) is 0 Å². The number of nitrogens with zero attached hydrogens (tertiary/aromatic N) is 1. The summed E-state index contributed by atoms with van der Waals surface area (Å²) in [6.07, 6.45) is -0.152. The van der Waals surface area contributed by atoms with Crippen molar-refractivity contribution in [2.75, 3.05) is 0 Å². The quantitative estimate of drug-likeness (QED) is 0.554. The lowest BCUT2D eigenvalue weighted by atomic mass is 10.1. The number of hydrogen-bond donors (Lipinski definition) is 0. The maximum Gasteiger partial charge on any atom is 0.194 e. The fourth-order valence-corrected chi connectivity index (χ4v) is 1.13. The van der Waals surface area contributed by atoms with Gasteiger partial charge in [-0.05, 0) is 11.6 Å². The van der Waals surface area contributed by atoms with Crippen LogP contribution in [-0.2, 0) is 6.42 Å². The van der Waals surface area contributed by atoms with Crippen molar-refractivity contribution in [3.63, 3.8) is 0 Å². The van der Waals surface area contributed by atoms with E-state index in [1.54, 1.807) is 6.07 Å². The normalized spacial score (nSPS) is 12.2. The van der Waals surface area contributed by atoms with Crippen molar-refractivity contribution in [1.82, 2.24) is 0 Å². The van der Waals surface area contributed by atoms with Crippen LogP contribution < -0.4 is 0 Å². The Morgan fingerprint density at radius 2 is 1.93 bits per heavy atom. The van der Waals surface area contributed by atoms with Crippen molar-refractivity contribution in [3.05, 3.63) is 35.1 Å². The summed E-state index contributed by atoms with van der Waals surface area (Å²) in [6.45, 7) is 0. The highest BCUT2D eigenvalue weighted by atomic mass is 35.5. The van der Waals surface area contributed by atoms with E-state index < -0.39 is 22.8 Å². The second kappa shape index (κ2) is 4.34. The van der Waals surface area contributed by atoms with Crippen molar-refractivity contribution in [3.8, 4) is 6.07 Å². The van der Waals surface area contributed by atoms with Gasteiger partial charge in [0.2, 0.25) is 0 Å². The van der Waals surface area contributed by atoms with Crippen LogP contribution in [0, 0.1) is 28.8 Å². The molecule has 0 spiro atoms. The first-order valence-electron chi connectivity index (χ1n) is 3.72. The van der Waals surface area contributed by atoms with E-state index in [-0.39, 0.29) is 12.0 Å². The third kappa shape index (κ3) is 2.18. The van der Waals surface area contributed by atoms with Crippen LogP contribution in [0.15, 0.2) is 12.1 Å². The zero-order valence-electron chi connectivity index (χ0n) is 6.90. The molecule has 0 amide bonds. The smallest absolute Gasteiger partial charge is 0.194 e. The third-order valence-corrected chi connectivity index (χ3v) is 1.91. The van der Waals surface area contributed by atoms with E-state index >= 15 is 0 Å². The van der Waals surface area contributed by atoms with Gasteiger partial charge in [0.05, 0.1) is 6.07 Å². The van der Waals surface area contributed by atoms with Gasteiger partial charge in [0.1, 0.15) is 5.38 Å². The first-order chi connectivity index (χ1) is 6.56.